The Hall–Kier alpha value is -3.15. The molecule has 2 aliphatic rings. The normalized spacial score (nSPS) is 21.3. The molecule has 0 aliphatic carbocycles. The average Bonchev–Trinajstić information content (AvgIpc) is 2.88. The number of nitrogens with zero attached hydrogens (tertiary/aromatic N) is 5. The summed E-state index contributed by atoms with van der Waals surface area (Å²) in [5.41, 5.74) is 1.77. The van der Waals surface area contributed by atoms with Gasteiger partial charge in [-0.05, 0) is 30.7 Å². The minimum Gasteiger partial charge on any atom is -0.474 e. The summed E-state index contributed by atoms with van der Waals surface area (Å²) in [6.45, 7) is 4.25. The molecule has 4 heterocycles. The smallest absolute Gasteiger partial charge is 0.304 e. The minimum absolute atomic E-state index is 0.0346. The summed E-state index contributed by atoms with van der Waals surface area (Å²) >= 11 is -1.64. The van der Waals surface area contributed by atoms with Gasteiger partial charge in [0.1, 0.15) is 18.2 Å². The molecule has 178 valence electrons. The zero-order chi connectivity index (χ0) is 23.3. The van der Waals surface area contributed by atoms with Gasteiger partial charge in [-0.2, -0.15) is 4.21 Å². The van der Waals surface area contributed by atoms with E-state index in [9.17, 15) is 4.21 Å². The van der Waals surface area contributed by atoms with Gasteiger partial charge in [-0.15, -0.1) is 0 Å². The van der Waals surface area contributed by atoms with Crippen molar-refractivity contribution < 1.29 is 22.0 Å². The van der Waals surface area contributed by atoms with Gasteiger partial charge < -0.3 is 14.4 Å². The van der Waals surface area contributed by atoms with Crippen molar-refractivity contribution in [1.29, 1.82) is 0 Å². The standard InChI is InChI=1S/C23H25N5O5S/c1-16-21(32-19-5-3-17(4-6-19)18-13-30-34(29)31-14-18)26-15-27-22(16)33-20-7-11-28(12-8-20)23-24-9-2-10-25-23/h2-6,9-10,15,18,20H,7-8,11-14H2,1H3. The van der Waals surface area contributed by atoms with Crippen LogP contribution >= 0.6 is 0 Å². The largest absolute Gasteiger partial charge is 0.474 e. The first-order chi connectivity index (χ1) is 16.7. The molecule has 0 unspecified atom stereocenters. The van der Waals surface area contributed by atoms with Crippen molar-refractivity contribution in [1.82, 2.24) is 19.9 Å². The highest BCUT2D eigenvalue weighted by Crippen LogP contribution is 2.30. The number of rotatable bonds is 6. The Morgan fingerprint density at radius 1 is 0.971 bits per heavy atom. The third-order valence-corrected chi connectivity index (χ3v) is 6.50. The van der Waals surface area contributed by atoms with Crippen molar-refractivity contribution in [3.8, 4) is 17.5 Å². The van der Waals surface area contributed by atoms with E-state index in [4.69, 9.17) is 17.8 Å². The molecular weight excluding hydrogens is 458 g/mol. The first kappa shape index (κ1) is 22.6. The molecule has 2 fully saturated rings. The van der Waals surface area contributed by atoms with Gasteiger partial charge in [0, 0.05) is 44.2 Å². The quantitative estimate of drug-likeness (QED) is 0.519. The lowest BCUT2D eigenvalue weighted by atomic mass is 10.0. The van der Waals surface area contributed by atoms with Crippen molar-refractivity contribution in [3.05, 3.63) is 60.2 Å². The Labute approximate surface area is 200 Å². The van der Waals surface area contributed by atoms with Crippen LogP contribution in [0.15, 0.2) is 49.1 Å². The van der Waals surface area contributed by atoms with Crippen LogP contribution in [0.5, 0.6) is 17.5 Å². The lowest BCUT2D eigenvalue weighted by molar-refractivity contribution is 0.160. The SMILES string of the molecule is Cc1c(Oc2ccc(C3COS(=O)OC3)cc2)ncnc1OC1CCN(c2ncccn2)CC1. The fourth-order valence-corrected chi connectivity index (χ4v) is 4.52. The molecule has 0 bridgehead atoms. The molecule has 0 N–H and O–H groups in total. The Balaban J connectivity index is 1.19. The van der Waals surface area contributed by atoms with Gasteiger partial charge in [0.2, 0.25) is 17.7 Å². The lowest BCUT2D eigenvalue weighted by Gasteiger charge is -2.32. The third kappa shape index (κ3) is 5.32. The topological polar surface area (TPSA) is 109 Å². The van der Waals surface area contributed by atoms with Crippen molar-refractivity contribution in [2.45, 2.75) is 31.8 Å². The van der Waals surface area contributed by atoms with E-state index in [-0.39, 0.29) is 12.0 Å². The summed E-state index contributed by atoms with van der Waals surface area (Å²) in [5.74, 6) is 2.41. The minimum atomic E-state index is -1.64. The number of hydrogen-bond acceptors (Lipinski definition) is 10. The van der Waals surface area contributed by atoms with Crippen LogP contribution in [-0.2, 0) is 19.7 Å². The first-order valence-corrected chi connectivity index (χ1v) is 12.1. The van der Waals surface area contributed by atoms with E-state index >= 15 is 0 Å². The van der Waals surface area contributed by atoms with Crippen molar-refractivity contribution in [2.24, 2.45) is 0 Å². The van der Waals surface area contributed by atoms with Crippen LogP contribution in [0.1, 0.15) is 29.9 Å². The highest BCUT2D eigenvalue weighted by molar-refractivity contribution is 7.75. The molecule has 11 heteroatoms. The van der Waals surface area contributed by atoms with E-state index in [0.29, 0.717) is 30.7 Å². The van der Waals surface area contributed by atoms with Crippen molar-refractivity contribution in [2.75, 3.05) is 31.2 Å². The van der Waals surface area contributed by atoms with Crippen LogP contribution in [0.2, 0.25) is 0 Å². The average molecular weight is 484 g/mol. The molecule has 2 saturated heterocycles. The number of ether oxygens (including phenoxy) is 2. The second kappa shape index (κ2) is 10.4. The van der Waals surface area contributed by atoms with Gasteiger partial charge in [-0.1, -0.05) is 12.1 Å². The van der Waals surface area contributed by atoms with E-state index in [2.05, 4.69) is 24.8 Å². The molecule has 0 radical (unpaired) electrons. The van der Waals surface area contributed by atoms with Crippen molar-refractivity contribution in [3.63, 3.8) is 0 Å². The predicted molar refractivity (Wildman–Crippen MR) is 124 cm³/mol. The second-order valence-electron chi connectivity index (χ2n) is 8.10. The summed E-state index contributed by atoms with van der Waals surface area (Å²) in [6, 6.07) is 9.43. The van der Waals surface area contributed by atoms with Crippen LogP contribution in [0, 0.1) is 6.92 Å². The molecule has 0 amide bonds. The van der Waals surface area contributed by atoms with Gasteiger partial charge in [0.15, 0.2) is 0 Å². The molecule has 2 aliphatic heterocycles. The zero-order valence-electron chi connectivity index (χ0n) is 18.7. The molecular formula is C23H25N5O5S. The van der Waals surface area contributed by atoms with Crippen LogP contribution in [-0.4, -0.2) is 56.6 Å². The summed E-state index contributed by atoms with van der Waals surface area (Å²) in [4.78, 5) is 19.4. The number of aromatic nitrogens is 4. The van der Waals surface area contributed by atoms with Gasteiger partial charge in [-0.3, -0.25) is 8.37 Å². The van der Waals surface area contributed by atoms with E-state index in [1.165, 1.54) is 6.33 Å². The van der Waals surface area contributed by atoms with E-state index < -0.39 is 11.4 Å². The predicted octanol–water partition coefficient (Wildman–Crippen LogP) is 3.12. The second-order valence-corrected chi connectivity index (χ2v) is 8.98. The molecule has 3 aromatic rings. The number of piperidine rings is 1. The van der Waals surface area contributed by atoms with E-state index in [1.807, 2.05) is 37.3 Å². The first-order valence-electron chi connectivity index (χ1n) is 11.1. The number of anilines is 1. The zero-order valence-corrected chi connectivity index (χ0v) is 19.5. The molecule has 0 saturated carbocycles. The fourth-order valence-electron chi connectivity index (χ4n) is 3.90. The molecule has 34 heavy (non-hydrogen) atoms. The maximum Gasteiger partial charge on any atom is 0.304 e. The highest BCUT2D eigenvalue weighted by Gasteiger charge is 2.24. The highest BCUT2D eigenvalue weighted by atomic mass is 32.2. The van der Waals surface area contributed by atoms with Crippen LogP contribution in [0.3, 0.4) is 0 Å². The molecule has 0 spiro atoms. The molecule has 5 rings (SSSR count). The Bertz CT molecular complexity index is 1120. The van der Waals surface area contributed by atoms with Crippen LogP contribution in [0.25, 0.3) is 0 Å². The van der Waals surface area contributed by atoms with Gasteiger partial charge in [0.05, 0.1) is 18.8 Å². The maximum atomic E-state index is 11.2. The van der Waals surface area contributed by atoms with Gasteiger partial charge in [-0.25, -0.2) is 19.9 Å². The summed E-state index contributed by atoms with van der Waals surface area (Å²) in [7, 11) is 0. The number of benzene rings is 1. The van der Waals surface area contributed by atoms with E-state index in [0.717, 1.165) is 43.0 Å². The summed E-state index contributed by atoms with van der Waals surface area (Å²) < 4.78 is 33.5. The number of hydrogen-bond donors (Lipinski definition) is 0. The molecule has 1 aromatic carbocycles. The lowest BCUT2D eigenvalue weighted by Crippen LogP contribution is -2.39. The van der Waals surface area contributed by atoms with Gasteiger partial charge in [0.25, 0.3) is 0 Å². The van der Waals surface area contributed by atoms with Crippen LogP contribution in [0.4, 0.5) is 5.95 Å². The van der Waals surface area contributed by atoms with E-state index in [1.54, 1.807) is 12.4 Å². The monoisotopic (exact) mass is 483 g/mol. The summed E-state index contributed by atoms with van der Waals surface area (Å²) in [6.07, 6.45) is 6.72. The molecule has 2 aromatic heterocycles. The van der Waals surface area contributed by atoms with Crippen molar-refractivity contribution >= 4 is 17.3 Å². The molecule has 0 atom stereocenters. The molecule has 10 nitrogen and oxygen atoms in total. The maximum absolute atomic E-state index is 11.2. The Kier molecular flexibility index (Phi) is 6.93. The third-order valence-electron chi connectivity index (χ3n) is 5.84. The fraction of sp³-hybridized carbons (Fsp3) is 0.391. The summed E-state index contributed by atoms with van der Waals surface area (Å²) in [5, 5.41) is 0. The Morgan fingerprint density at radius 2 is 1.65 bits per heavy atom. The van der Waals surface area contributed by atoms with Crippen LogP contribution < -0.4 is 14.4 Å². The van der Waals surface area contributed by atoms with Gasteiger partial charge >= 0.3 is 11.4 Å². The Morgan fingerprint density at radius 3 is 2.35 bits per heavy atom.